The van der Waals surface area contributed by atoms with E-state index < -0.39 is 6.10 Å². The predicted octanol–water partition coefficient (Wildman–Crippen LogP) is 17.4. The zero-order valence-electron chi connectivity index (χ0n) is 41.3. The van der Waals surface area contributed by atoms with Gasteiger partial charge in [0.05, 0.1) is 0 Å². The zero-order valence-corrected chi connectivity index (χ0v) is 41.3. The van der Waals surface area contributed by atoms with Gasteiger partial charge in [-0.05, 0) is 83.5 Å². The van der Waals surface area contributed by atoms with Crippen molar-refractivity contribution in [3.63, 3.8) is 0 Å². The summed E-state index contributed by atoms with van der Waals surface area (Å²) >= 11 is 0. The molecule has 0 aromatic heterocycles. The number of esters is 3. The third-order valence-corrected chi connectivity index (χ3v) is 11.2. The van der Waals surface area contributed by atoms with Crippen LogP contribution in [0.4, 0.5) is 0 Å². The molecule has 0 aliphatic carbocycles. The van der Waals surface area contributed by atoms with E-state index in [0.29, 0.717) is 19.3 Å². The molecule has 6 nitrogen and oxygen atoms in total. The van der Waals surface area contributed by atoms with Gasteiger partial charge in [0.1, 0.15) is 13.2 Å². The average molecular weight is 879 g/mol. The molecule has 63 heavy (non-hydrogen) atoms. The molecule has 0 aromatic carbocycles. The molecular formula is C57H98O6. The third-order valence-electron chi connectivity index (χ3n) is 11.2. The molecule has 0 heterocycles. The fraction of sp³-hybridized carbons (Fsp3) is 0.737. The van der Waals surface area contributed by atoms with E-state index in [1.54, 1.807) is 0 Å². The summed E-state index contributed by atoms with van der Waals surface area (Å²) in [6, 6.07) is 0. The van der Waals surface area contributed by atoms with E-state index in [1.165, 1.54) is 141 Å². The van der Waals surface area contributed by atoms with Gasteiger partial charge >= 0.3 is 17.9 Å². The monoisotopic (exact) mass is 879 g/mol. The summed E-state index contributed by atoms with van der Waals surface area (Å²) in [5.41, 5.74) is 0. The first-order valence-corrected chi connectivity index (χ1v) is 26.4. The first-order valence-electron chi connectivity index (χ1n) is 26.4. The quantitative estimate of drug-likeness (QED) is 0.0262. The summed E-state index contributed by atoms with van der Waals surface area (Å²) in [5, 5.41) is 0. The lowest BCUT2D eigenvalue weighted by atomic mass is 10.1. The molecule has 0 bridgehead atoms. The van der Waals surface area contributed by atoms with Crippen molar-refractivity contribution in [2.45, 2.75) is 258 Å². The van der Waals surface area contributed by atoms with Crippen LogP contribution in [-0.2, 0) is 28.6 Å². The second-order valence-corrected chi connectivity index (χ2v) is 17.4. The van der Waals surface area contributed by atoms with Crippen LogP contribution in [0.15, 0.2) is 72.9 Å². The largest absolute Gasteiger partial charge is 0.462 e. The minimum Gasteiger partial charge on any atom is -0.462 e. The Bertz CT molecular complexity index is 1190. The van der Waals surface area contributed by atoms with E-state index in [1.807, 2.05) is 0 Å². The highest BCUT2D eigenvalue weighted by atomic mass is 16.6. The summed E-state index contributed by atoms with van der Waals surface area (Å²) in [4.78, 5) is 37.9. The van der Waals surface area contributed by atoms with Crippen molar-refractivity contribution in [3.8, 4) is 0 Å². The summed E-state index contributed by atoms with van der Waals surface area (Å²) in [7, 11) is 0. The SMILES string of the molecule is CCCCCCCC/C=C\C/C=C\C/C=C\CCCC(=O)OC[C@H](COC(=O)CCCCCCCCCCCCC)OC(=O)CCC/C=C\C/C=C\C/C=C\CCCCCCCC. The van der Waals surface area contributed by atoms with Gasteiger partial charge in [0.2, 0.25) is 0 Å². The van der Waals surface area contributed by atoms with Gasteiger partial charge in [-0.25, -0.2) is 0 Å². The summed E-state index contributed by atoms with van der Waals surface area (Å²) in [5.74, 6) is -1.02. The first-order chi connectivity index (χ1) is 31.0. The number of carbonyl (C=O) groups is 3. The number of allylic oxidation sites excluding steroid dienone is 12. The molecule has 1 atom stereocenters. The number of hydrogen-bond acceptors (Lipinski definition) is 6. The molecule has 0 radical (unpaired) electrons. The molecule has 0 saturated heterocycles. The van der Waals surface area contributed by atoms with Crippen molar-refractivity contribution in [3.05, 3.63) is 72.9 Å². The van der Waals surface area contributed by atoms with E-state index in [-0.39, 0.29) is 44.0 Å². The standard InChI is InChI=1S/C57H98O6/c1-4-7-10-13-16-19-22-24-26-28-30-32-35-38-41-44-47-50-56(59)62-53-54(52-61-55(58)49-46-43-40-37-34-21-18-15-12-9-6-3)63-57(60)51-48-45-42-39-36-33-31-29-27-25-23-20-17-14-11-8-5-2/h24-27,30-33,38-39,41-42,54H,4-23,28-29,34-37,40,43-53H2,1-3H3/b26-24-,27-25-,32-30-,33-31-,41-38-,42-39-/t54-/m0/s1. The van der Waals surface area contributed by atoms with Crippen molar-refractivity contribution in [1.29, 1.82) is 0 Å². The summed E-state index contributed by atoms with van der Waals surface area (Å²) in [6.45, 7) is 6.53. The maximum Gasteiger partial charge on any atom is 0.306 e. The number of rotatable bonds is 47. The number of unbranched alkanes of at least 4 members (excludes halogenated alkanes) is 24. The molecule has 0 N–H and O–H groups in total. The maximum absolute atomic E-state index is 12.8. The highest BCUT2D eigenvalue weighted by Gasteiger charge is 2.19. The highest BCUT2D eigenvalue weighted by Crippen LogP contribution is 2.14. The minimum atomic E-state index is -0.819. The third kappa shape index (κ3) is 49.7. The Morgan fingerprint density at radius 2 is 0.587 bits per heavy atom. The molecule has 0 aliphatic heterocycles. The Morgan fingerprint density at radius 3 is 0.952 bits per heavy atom. The minimum absolute atomic E-state index is 0.110. The number of carbonyl (C=O) groups excluding carboxylic acids is 3. The predicted molar refractivity (Wildman–Crippen MR) is 270 cm³/mol. The molecule has 0 fully saturated rings. The van der Waals surface area contributed by atoms with E-state index in [9.17, 15) is 14.4 Å². The van der Waals surface area contributed by atoms with Gasteiger partial charge in [-0.2, -0.15) is 0 Å². The molecule has 0 saturated carbocycles. The molecule has 362 valence electrons. The fourth-order valence-electron chi connectivity index (χ4n) is 7.18. The summed E-state index contributed by atoms with van der Waals surface area (Å²) < 4.78 is 16.7. The van der Waals surface area contributed by atoms with Crippen molar-refractivity contribution in [2.75, 3.05) is 13.2 Å². The zero-order chi connectivity index (χ0) is 45.8. The van der Waals surface area contributed by atoms with E-state index in [4.69, 9.17) is 14.2 Å². The Kier molecular flexibility index (Phi) is 48.9. The summed E-state index contributed by atoms with van der Waals surface area (Å²) in [6.07, 6.45) is 64.7. The van der Waals surface area contributed by atoms with Crippen LogP contribution in [0.5, 0.6) is 0 Å². The molecule has 6 heteroatoms. The molecular weight excluding hydrogens is 781 g/mol. The Hall–Kier alpha value is -3.15. The van der Waals surface area contributed by atoms with Crippen LogP contribution in [0.1, 0.15) is 252 Å². The smallest absolute Gasteiger partial charge is 0.306 e. The fourth-order valence-corrected chi connectivity index (χ4v) is 7.18. The van der Waals surface area contributed by atoms with Crippen LogP contribution < -0.4 is 0 Å². The van der Waals surface area contributed by atoms with Gasteiger partial charge < -0.3 is 14.2 Å². The molecule has 0 aromatic rings. The lowest BCUT2D eigenvalue weighted by molar-refractivity contribution is -0.167. The highest BCUT2D eigenvalue weighted by molar-refractivity contribution is 5.71. The van der Waals surface area contributed by atoms with Crippen molar-refractivity contribution < 1.29 is 28.6 Å². The van der Waals surface area contributed by atoms with Gasteiger partial charge in [0.15, 0.2) is 6.10 Å². The molecule has 0 spiro atoms. The van der Waals surface area contributed by atoms with Crippen LogP contribution in [0.25, 0.3) is 0 Å². The second kappa shape index (κ2) is 51.5. The molecule has 0 rings (SSSR count). The Labute approximate surface area is 389 Å². The van der Waals surface area contributed by atoms with Gasteiger partial charge in [-0.1, -0.05) is 222 Å². The Balaban J connectivity index is 4.52. The average Bonchev–Trinajstić information content (AvgIpc) is 3.28. The number of hydrogen-bond donors (Lipinski definition) is 0. The van der Waals surface area contributed by atoms with E-state index in [0.717, 1.165) is 57.8 Å². The topological polar surface area (TPSA) is 78.9 Å². The lowest BCUT2D eigenvalue weighted by Gasteiger charge is -2.18. The van der Waals surface area contributed by atoms with Crippen LogP contribution in [0.2, 0.25) is 0 Å². The normalized spacial score (nSPS) is 12.6. The van der Waals surface area contributed by atoms with Gasteiger partial charge in [-0.3, -0.25) is 14.4 Å². The van der Waals surface area contributed by atoms with Crippen molar-refractivity contribution in [1.82, 2.24) is 0 Å². The van der Waals surface area contributed by atoms with Crippen molar-refractivity contribution in [2.24, 2.45) is 0 Å². The van der Waals surface area contributed by atoms with Crippen LogP contribution in [-0.4, -0.2) is 37.2 Å². The second-order valence-electron chi connectivity index (χ2n) is 17.4. The molecule has 0 aliphatic rings. The first kappa shape index (κ1) is 59.9. The molecule has 0 amide bonds. The van der Waals surface area contributed by atoms with Gasteiger partial charge in [0.25, 0.3) is 0 Å². The van der Waals surface area contributed by atoms with Gasteiger partial charge in [-0.15, -0.1) is 0 Å². The lowest BCUT2D eigenvalue weighted by Crippen LogP contribution is -2.30. The molecule has 0 unspecified atom stereocenters. The number of ether oxygens (including phenoxy) is 3. The Morgan fingerprint density at radius 1 is 0.317 bits per heavy atom. The van der Waals surface area contributed by atoms with E-state index in [2.05, 4.69) is 93.7 Å². The van der Waals surface area contributed by atoms with Crippen molar-refractivity contribution >= 4 is 17.9 Å². The van der Waals surface area contributed by atoms with Crippen LogP contribution >= 0.6 is 0 Å². The van der Waals surface area contributed by atoms with Crippen LogP contribution in [0.3, 0.4) is 0 Å². The maximum atomic E-state index is 12.8. The van der Waals surface area contributed by atoms with Gasteiger partial charge in [0, 0.05) is 19.3 Å². The van der Waals surface area contributed by atoms with Crippen LogP contribution in [0, 0.1) is 0 Å². The van der Waals surface area contributed by atoms with E-state index >= 15 is 0 Å².